The molecule has 0 aliphatic carbocycles. The number of nitrogens with one attached hydrogen (secondary N) is 1. The number of methoxy groups -OCH3 is 2. The van der Waals surface area contributed by atoms with E-state index < -0.39 is 11.5 Å². The zero-order valence-electron chi connectivity index (χ0n) is 19.4. The fourth-order valence-electron chi connectivity index (χ4n) is 3.71. The standard InChI is InChI=1S/C27H21N3O5S/c1-33-18-12-13-23(34-2)19(14-18)22-16-36-27-28-15-20(26(32)30(22)27)25(31)29-21-10-6-7-11-24(21)35-17-8-4-3-5-9-17/h3-16H,1-2H3,(H,29,31). The summed E-state index contributed by atoms with van der Waals surface area (Å²) in [5.41, 5.74) is 1.01. The monoisotopic (exact) mass is 499 g/mol. The number of carbonyl (C=O) groups is 1. The smallest absolute Gasteiger partial charge is 0.271 e. The number of carbonyl (C=O) groups excluding carboxylic acids is 1. The van der Waals surface area contributed by atoms with E-state index in [9.17, 15) is 9.59 Å². The van der Waals surface area contributed by atoms with Crippen molar-refractivity contribution in [3.05, 3.63) is 100 Å². The molecule has 8 nitrogen and oxygen atoms in total. The number of thiazole rings is 1. The van der Waals surface area contributed by atoms with Crippen molar-refractivity contribution < 1.29 is 19.0 Å². The maximum absolute atomic E-state index is 13.5. The number of hydrogen-bond donors (Lipinski definition) is 1. The Morgan fingerprint density at radius 3 is 2.47 bits per heavy atom. The van der Waals surface area contributed by atoms with Gasteiger partial charge in [-0.15, -0.1) is 11.3 Å². The van der Waals surface area contributed by atoms with E-state index >= 15 is 0 Å². The molecule has 0 unspecified atom stereocenters. The summed E-state index contributed by atoms with van der Waals surface area (Å²) in [6, 6.07) is 21.5. The van der Waals surface area contributed by atoms with E-state index in [-0.39, 0.29) is 5.56 Å². The van der Waals surface area contributed by atoms with Gasteiger partial charge in [-0.2, -0.15) is 0 Å². The Bertz CT molecular complexity index is 1610. The number of hydrogen-bond acceptors (Lipinski definition) is 7. The highest BCUT2D eigenvalue weighted by atomic mass is 32.1. The van der Waals surface area contributed by atoms with E-state index in [4.69, 9.17) is 14.2 Å². The number of rotatable bonds is 7. The van der Waals surface area contributed by atoms with Crippen molar-refractivity contribution >= 4 is 27.9 Å². The maximum atomic E-state index is 13.5. The first kappa shape index (κ1) is 23.1. The molecule has 36 heavy (non-hydrogen) atoms. The van der Waals surface area contributed by atoms with Crippen LogP contribution in [0.3, 0.4) is 0 Å². The van der Waals surface area contributed by atoms with Crippen molar-refractivity contribution in [1.29, 1.82) is 0 Å². The van der Waals surface area contributed by atoms with Crippen molar-refractivity contribution in [1.82, 2.24) is 9.38 Å². The molecular weight excluding hydrogens is 478 g/mol. The molecule has 0 saturated carbocycles. The average Bonchev–Trinajstić information content (AvgIpc) is 3.35. The van der Waals surface area contributed by atoms with Crippen LogP contribution in [0.5, 0.6) is 23.0 Å². The number of anilines is 1. The molecule has 9 heteroatoms. The topological polar surface area (TPSA) is 91.2 Å². The number of aromatic nitrogens is 2. The third-order valence-electron chi connectivity index (χ3n) is 5.48. The highest BCUT2D eigenvalue weighted by molar-refractivity contribution is 7.15. The molecule has 0 atom stereocenters. The lowest BCUT2D eigenvalue weighted by Crippen LogP contribution is -2.26. The third-order valence-corrected chi connectivity index (χ3v) is 6.32. The zero-order chi connectivity index (χ0) is 25.1. The average molecular weight is 500 g/mol. The van der Waals surface area contributed by atoms with Crippen LogP contribution in [-0.2, 0) is 0 Å². The third kappa shape index (κ3) is 4.39. The van der Waals surface area contributed by atoms with E-state index in [1.807, 2.05) is 30.3 Å². The van der Waals surface area contributed by atoms with Gasteiger partial charge in [0.2, 0.25) is 0 Å². The summed E-state index contributed by atoms with van der Waals surface area (Å²) in [5.74, 6) is 1.64. The largest absolute Gasteiger partial charge is 0.497 e. The Hall–Kier alpha value is -4.63. The molecular formula is C27H21N3O5S. The SMILES string of the molecule is COc1ccc(OC)c(-c2csc3ncc(C(=O)Nc4ccccc4Oc4ccccc4)c(=O)n23)c1. The Morgan fingerprint density at radius 2 is 1.69 bits per heavy atom. The lowest BCUT2D eigenvalue weighted by Gasteiger charge is -2.12. The number of benzene rings is 3. The minimum Gasteiger partial charge on any atom is -0.497 e. The number of para-hydroxylation sites is 3. The fourth-order valence-corrected chi connectivity index (χ4v) is 4.56. The van der Waals surface area contributed by atoms with Gasteiger partial charge in [0.15, 0.2) is 10.7 Å². The normalized spacial score (nSPS) is 10.7. The lowest BCUT2D eigenvalue weighted by atomic mass is 10.1. The number of fused-ring (bicyclic) bond motifs is 1. The number of amides is 1. The van der Waals surface area contributed by atoms with Crippen molar-refractivity contribution in [2.75, 3.05) is 19.5 Å². The predicted octanol–water partition coefficient (Wildman–Crippen LogP) is 5.48. The molecule has 180 valence electrons. The van der Waals surface area contributed by atoms with Gasteiger partial charge in [0.1, 0.15) is 22.8 Å². The van der Waals surface area contributed by atoms with E-state index in [2.05, 4.69) is 10.3 Å². The summed E-state index contributed by atoms with van der Waals surface area (Å²) < 4.78 is 18.2. The first-order valence-electron chi connectivity index (χ1n) is 10.9. The van der Waals surface area contributed by atoms with E-state index in [1.54, 1.807) is 62.1 Å². The van der Waals surface area contributed by atoms with Crippen molar-refractivity contribution in [2.24, 2.45) is 0 Å². The van der Waals surface area contributed by atoms with E-state index in [1.165, 1.54) is 21.9 Å². The van der Waals surface area contributed by atoms with Gasteiger partial charge >= 0.3 is 0 Å². The molecule has 5 aromatic rings. The first-order chi connectivity index (χ1) is 17.6. The van der Waals surface area contributed by atoms with Crippen molar-refractivity contribution in [3.8, 4) is 34.3 Å². The van der Waals surface area contributed by atoms with Crippen LogP contribution in [0, 0.1) is 0 Å². The highest BCUT2D eigenvalue weighted by Crippen LogP contribution is 2.35. The Labute approximate surface area is 210 Å². The lowest BCUT2D eigenvalue weighted by molar-refractivity contribution is 0.102. The van der Waals surface area contributed by atoms with Gasteiger partial charge in [-0.05, 0) is 42.5 Å². The Morgan fingerprint density at radius 1 is 0.917 bits per heavy atom. The molecule has 0 saturated heterocycles. The molecule has 0 radical (unpaired) electrons. The summed E-state index contributed by atoms with van der Waals surface area (Å²) in [6.07, 6.45) is 1.29. The van der Waals surface area contributed by atoms with Crippen LogP contribution in [0.2, 0.25) is 0 Å². The van der Waals surface area contributed by atoms with Crippen molar-refractivity contribution in [3.63, 3.8) is 0 Å². The second-order valence-corrected chi connectivity index (χ2v) is 8.48. The first-order valence-corrected chi connectivity index (χ1v) is 11.8. The van der Waals surface area contributed by atoms with Gasteiger partial charge in [0.25, 0.3) is 11.5 Å². The van der Waals surface area contributed by atoms with Crippen LogP contribution < -0.4 is 25.1 Å². The van der Waals surface area contributed by atoms with Crippen LogP contribution in [-0.4, -0.2) is 29.5 Å². The zero-order valence-corrected chi connectivity index (χ0v) is 20.2. The van der Waals surface area contributed by atoms with Crippen LogP contribution in [0.15, 0.2) is 89.2 Å². The quantitative estimate of drug-likeness (QED) is 0.319. The summed E-state index contributed by atoms with van der Waals surface area (Å²) in [4.78, 5) is 31.5. The van der Waals surface area contributed by atoms with Crippen LogP contribution in [0.1, 0.15) is 10.4 Å². The molecule has 5 rings (SSSR count). The van der Waals surface area contributed by atoms with Gasteiger partial charge in [-0.25, -0.2) is 4.98 Å². The molecule has 1 N–H and O–H groups in total. The molecule has 1 amide bonds. The molecule has 3 aromatic carbocycles. The van der Waals surface area contributed by atoms with E-state index in [0.29, 0.717) is 44.9 Å². The van der Waals surface area contributed by atoms with Gasteiger partial charge in [0.05, 0.1) is 25.6 Å². The maximum Gasteiger partial charge on any atom is 0.271 e. The second-order valence-electron chi connectivity index (χ2n) is 7.65. The molecule has 0 spiro atoms. The van der Waals surface area contributed by atoms with Gasteiger partial charge in [-0.3, -0.25) is 14.0 Å². The molecule has 0 bridgehead atoms. The minimum atomic E-state index is -0.597. The molecule has 0 fully saturated rings. The van der Waals surface area contributed by atoms with Crippen LogP contribution >= 0.6 is 11.3 Å². The number of ether oxygens (including phenoxy) is 3. The van der Waals surface area contributed by atoms with E-state index in [0.717, 1.165) is 0 Å². The van der Waals surface area contributed by atoms with Crippen LogP contribution in [0.4, 0.5) is 5.69 Å². The van der Waals surface area contributed by atoms with Gasteiger partial charge in [0, 0.05) is 17.1 Å². The summed E-state index contributed by atoms with van der Waals surface area (Å²) in [6.45, 7) is 0. The van der Waals surface area contributed by atoms with Crippen LogP contribution in [0.25, 0.3) is 16.2 Å². The summed E-state index contributed by atoms with van der Waals surface area (Å²) in [5, 5.41) is 4.58. The van der Waals surface area contributed by atoms with Gasteiger partial charge in [-0.1, -0.05) is 30.3 Å². The minimum absolute atomic E-state index is 0.108. The highest BCUT2D eigenvalue weighted by Gasteiger charge is 2.20. The van der Waals surface area contributed by atoms with Gasteiger partial charge < -0.3 is 19.5 Å². The summed E-state index contributed by atoms with van der Waals surface area (Å²) in [7, 11) is 3.11. The molecule has 2 heterocycles. The Balaban J connectivity index is 1.52. The number of nitrogens with zero attached hydrogens (tertiary/aromatic N) is 2. The molecule has 2 aromatic heterocycles. The second kappa shape index (κ2) is 9.93. The predicted molar refractivity (Wildman–Crippen MR) is 139 cm³/mol. The summed E-state index contributed by atoms with van der Waals surface area (Å²) >= 11 is 1.29. The molecule has 0 aliphatic heterocycles. The van der Waals surface area contributed by atoms with Crippen molar-refractivity contribution in [2.45, 2.75) is 0 Å². The molecule has 0 aliphatic rings. The Kier molecular flexibility index (Phi) is 6.38. The fraction of sp³-hybridized carbons (Fsp3) is 0.0741.